The van der Waals surface area contributed by atoms with E-state index >= 15 is 0 Å². The Labute approximate surface area is 81.9 Å². The number of carbonyl (C=O) groups is 2. The van der Waals surface area contributed by atoms with Gasteiger partial charge in [0.05, 0.1) is 5.92 Å². The third-order valence-electron chi connectivity index (χ3n) is 3.02. The number of aliphatic carboxylic acids is 1. The van der Waals surface area contributed by atoms with Gasteiger partial charge in [0.15, 0.2) is 0 Å². The van der Waals surface area contributed by atoms with Gasteiger partial charge in [0.25, 0.3) is 0 Å². The van der Waals surface area contributed by atoms with Crippen LogP contribution in [0.2, 0.25) is 0 Å². The van der Waals surface area contributed by atoms with E-state index in [9.17, 15) is 9.59 Å². The number of amides is 1. The lowest BCUT2D eigenvalue weighted by atomic mass is 9.79. The Balaban J connectivity index is 1.81. The number of carbonyl (C=O) groups excluding carboxylic acids is 1. The largest absolute Gasteiger partial charge is 0.481 e. The van der Waals surface area contributed by atoms with Crippen molar-refractivity contribution in [2.24, 2.45) is 5.92 Å². The molecular formula is C9H14N2O3. The Hall–Kier alpha value is -1.10. The van der Waals surface area contributed by atoms with E-state index in [0.29, 0.717) is 13.0 Å². The highest BCUT2D eigenvalue weighted by atomic mass is 16.4. The maximum Gasteiger partial charge on any atom is 0.308 e. The van der Waals surface area contributed by atoms with Crippen LogP contribution in [-0.2, 0) is 9.59 Å². The lowest BCUT2D eigenvalue weighted by Gasteiger charge is -2.35. The van der Waals surface area contributed by atoms with Crippen molar-refractivity contribution in [1.29, 1.82) is 0 Å². The first-order valence-electron chi connectivity index (χ1n) is 4.92. The van der Waals surface area contributed by atoms with Crippen LogP contribution in [-0.4, -0.2) is 35.6 Å². The number of carboxylic acids is 1. The van der Waals surface area contributed by atoms with Crippen LogP contribution in [0.1, 0.15) is 19.3 Å². The summed E-state index contributed by atoms with van der Waals surface area (Å²) in [6.45, 7) is 0.627. The van der Waals surface area contributed by atoms with E-state index in [1.807, 2.05) is 0 Å². The molecule has 5 heteroatoms. The molecule has 1 saturated carbocycles. The van der Waals surface area contributed by atoms with Crippen LogP contribution < -0.4 is 10.6 Å². The smallest absolute Gasteiger partial charge is 0.308 e. The van der Waals surface area contributed by atoms with Crippen molar-refractivity contribution >= 4 is 11.9 Å². The summed E-state index contributed by atoms with van der Waals surface area (Å²) in [5, 5.41) is 14.7. The number of carboxylic acid groups (broad SMARTS) is 1. The molecule has 0 bridgehead atoms. The monoisotopic (exact) mass is 198 g/mol. The fourth-order valence-corrected chi connectivity index (χ4v) is 2.02. The maximum atomic E-state index is 10.9. The molecule has 1 amide bonds. The number of hydrogen-bond donors (Lipinski definition) is 3. The van der Waals surface area contributed by atoms with E-state index in [0.717, 1.165) is 12.8 Å². The second-order valence-electron chi connectivity index (χ2n) is 4.00. The molecule has 3 N–H and O–H groups in total. The van der Waals surface area contributed by atoms with Crippen molar-refractivity contribution in [2.45, 2.75) is 31.3 Å². The van der Waals surface area contributed by atoms with Gasteiger partial charge >= 0.3 is 5.97 Å². The molecule has 0 radical (unpaired) electrons. The fourth-order valence-electron chi connectivity index (χ4n) is 2.02. The summed E-state index contributed by atoms with van der Waals surface area (Å²) in [6.07, 6.45) is 2.13. The van der Waals surface area contributed by atoms with Crippen LogP contribution >= 0.6 is 0 Å². The third kappa shape index (κ3) is 1.72. The van der Waals surface area contributed by atoms with Crippen LogP contribution in [0.3, 0.4) is 0 Å². The van der Waals surface area contributed by atoms with Gasteiger partial charge in [-0.05, 0) is 12.8 Å². The van der Waals surface area contributed by atoms with Crippen molar-refractivity contribution < 1.29 is 14.7 Å². The first kappa shape index (κ1) is 9.45. The topological polar surface area (TPSA) is 78.4 Å². The minimum Gasteiger partial charge on any atom is -0.481 e. The first-order chi connectivity index (χ1) is 6.66. The Kier molecular flexibility index (Phi) is 2.41. The summed E-state index contributed by atoms with van der Waals surface area (Å²) in [4.78, 5) is 21.6. The van der Waals surface area contributed by atoms with Gasteiger partial charge in [-0.3, -0.25) is 9.59 Å². The molecule has 2 fully saturated rings. The van der Waals surface area contributed by atoms with Crippen LogP contribution in [0.4, 0.5) is 0 Å². The second-order valence-corrected chi connectivity index (χ2v) is 4.00. The molecular weight excluding hydrogens is 184 g/mol. The SMILES string of the molecule is O=C1CC(NC2CCC2C(=O)O)CN1. The molecule has 1 saturated heterocycles. The molecule has 0 aromatic heterocycles. The van der Waals surface area contributed by atoms with Gasteiger partial charge in [0.1, 0.15) is 0 Å². The molecule has 0 aromatic carbocycles. The summed E-state index contributed by atoms with van der Waals surface area (Å²) < 4.78 is 0. The van der Waals surface area contributed by atoms with Crippen molar-refractivity contribution in [3.05, 3.63) is 0 Å². The van der Waals surface area contributed by atoms with Crippen molar-refractivity contribution in [2.75, 3.05) is 6.54 Å². The Morgan fingerprint density at radius 3 is 2.71 bits per heavy atom. The van der Waals surface area contributed by atoms with E-state index in [-0.39, 0.29) is 23.9 Å². The van der Waals surface area contributed by atoms with Crippen molar-refractivity contribution in [3.63, 3.8) is 0 Å². The lowest BCUT2D eigenvalue weighted by Crippen LogP contribution is -2.51. The van der Waals surface area contributed by atoms with Gasteiger partial charge in [0.2, 0.25) is 5.91 Å². The van der Waals surface area contributed by atoms with Gasteiger partial charge in [0, 0.05) is 25.0 Å². The zero-order valence-electron chi connectivity index (χ0n) is 7.82. The standard InChI is InChI=1S/C9H14N2O3/c12-8-3-5(4-10-8)11-7-2-1-6(7)9(13)14/h5-7,11H,1-4H2,(H,10,12)(H,13,14). The summed E-state index contributed by atoms with van der Waals surface area (Å²) in [5.74, 6) is -0.939. The molecule has 3 unspecified atom stereocenters. The maximum absolute atomic E-state index is 10.9. The molecule has 2 rings (SSSR count). The Bertz CT molecular complexity index is 267. The summed E-state index contributed by atoms with van der Waals surface area (Å²) >= 11 is 0. The molecule has 3 atom stereocenters. The molecule has 78 valence electrons. The van der Waals surface area contributed by atoms with Crippen LogP contribution in [0.15, 0.2) is 0 Å². The first-order valence-corrected chi connectivity index (χ1v) is 4.92. The molecule has 1 aliphatic carbocycles. The predicted octanol–water partition coefficient (Wildman–Crippen LogP) is -0.672. The fraction of sp³-hybridized carbons (Fsp3) is 0.778. The van der Waals surface area contributed by atoms with E-state index in [1.165, 1.54) is 0 Å². The number of hydrogen-bond acceptors (Lipinski definition) is 3. The van der Waals surface area contributed by atoms with E-state index < -0.39 is 5.97 Å². The Morgan fingerprint density at radius 2 is 2.29 bits per heavy atom. The zero-order valence-corrected chi connectivity index (χ0v) is 7.82. The zero-order chi connectivity index (χ0) is 10.1. The molecule has 5 nitrogen and oxygen atoms in total. The van der Waals surface area contributed by atoms with Gasteiger partial charge in [-0.25, -0.2) is 0 Å². The van der Waals surface area contributed by atoms with E-state index in [4.69, 9.17) is 5.11 Å². The summed E-state index contributed by atoms with van der Waals surface area (Å²) in [6, 6.07) is 0.180. The minimum absolute atomic E-state index is 0.0497. The van der Waals surface area contributed by atoms with Crippen LogP contribution in [0, 0.1) is 5.92 Å². The van der Waals surface area contributed by atoms with Crippen LogP contribution in [0.5, 0.6) is 0 Å². The number of rotatable bonds is 3. The van der Waals surface area contributed by atoms with Crippen LogP contribution in [0.25, 0.3) is 0 Å². The van der Waals surface area contributed by atoms with E-state index in [1.54, 1.807) is 0 Å². The van der Waals surface area contributed by atoms with Crippen molar-refractivity contribution in [3.8, 4) is 0 Å². The molecule has 14 heavy (non-hydrogen) atoms. The average Bonchev–Trinajstić information content (AvgIpc) is 2.44. The van der Waals surface area contributed by atoms with Gasteiger partial charge in [-0.1, -0.05) is 0 Å². The highest BCUT2D eigenvalue weighted by molar-refractivity contribution is 5.79. The van der Waals surface area contributed by atoms with Gasteiger partial charge < -0.3 is 15.7 Å². The highest BCUT2D eigenvalue weighted by Gasteiger charge is 2.38. The molecule has 1 aliphatic heterocycles. The molecule has 0 aromatic rings. The van der Waals surface area contributed by atoms with Gasteiger partial charge in [-0.15, -0.1) is 0 Å². The lowest BCUT2D eigenvalue weighted by molar-refractivity contribution is -0.146. The molecule has 2 aliphatic rings. The average molecular weight is 198 g/mol. The Morgan fingerprint density at radius 1 is 1.50 bits per heavy atom. The quantitative estimate of drug-likeness (QED) is 0.562. The second kappa shape index (κ2) is 3.57. The number of nitrogens with one attached hydrogen (secondary N) is 2. The summed E-state index contributed by atoms with van der Waals surface area (Å²) in [5.41, 5.74) is 0. The summed E-state index contributed by atoms with van der Waals surface area (Å²) in [7, 11) is 0. The predicted molar refractivity (Wildman–Crippen MR) is 48.7 cm³/mol. The normalized spacial score (nSPS) is 36.3. The van der Waals surface area contributed by atoms with Gasteiger partial charge in [-0.2, -0.15) is 0 Å². The highest BCUT2D eigenvalue weighted by Crippen LogP contribution is 2.28. The minimum atomic E-state index is -0.731. The third-order valence-corrected chi connectivity index (χ3v) is 3.02. The molecule has 1 heterocycles. The molecule has 0 spiro atoms. The van der Waals surface area contributed by atoms with E-state index in [2.05, 4.69) is 10.6 Å². The van der Waals surface area contributed by atoms with Crippen molar-refractivity contribution in [1.82, 2.24) is 10.6 Å².